The molecule has 0 spiro atoms. The van der Waals surface area contributed by atoms with Crippen LogP contribution in [0.5, 0.6) is 0 Å². The topological polar surface area (TPSA) is 53.6 Å². The summed E-state index contributed by atoms with van der Waals surface area (Å²) in [5.74, 6) is 0.128. The molecule has 5 nitrogen and oxygen atoms in total. The van der Waals surface area contributed by atoms with Crippen LogP contribution in [0, 0.1) is 0 Å². The predicted octanol–water partition coefficient (Wildman–Crippen LogP) is 2.05. The number of nitrogens with zero attached hydrogens (tertiary/aromatic N) is 1. The van der Waals surface area contributed by atoms with Crippen LogP contribution in [0.15, 0.2) is 24.3 Å². The normalized spacial score (nSPS) is 27.8. The van der Waals surface area contributed by atoms with Gasteiger partial charge >= 0.3 is 0 Å². The SMILES string of the molecule is C[C@H]1CN(Cc2ccccc2CNC(=O)[C@@H]2CCCCN2)C[C@H](C)O1. The van der Waals surface area contributed by atoms with Gasteiger partial charge < -0.3 is 15.4 Å². The smallest absolute Gasteiger partial charge is 0.237 e. The molecular weight excluding hydrogens is 314 g/mol. The molecule has 0 aliphatic carbocycles. The Kier molecular flexibility index (Phi) is 6.45. The molecule has 2 N–H and O–H groups in total. The van der Waals surface area contributed by atoms with Crippen molar-refractivity contribution in [3.8, 4) is 0 Å². The molecule has 2 aliphatic heterocycles. The highest BCUT2D eigenvalue weighted by Gasteiger charge is 2.23. The average molecular weight is 345 g/mol. The third-order valence-electron chi connectivity index (χ3n) is 5.09. The van der Waals surface area contributed by atoms with Crippen LogP contribution >= 0.6 is 0 Å². The number of amides is 1. The van der Waals surface area contributed by atoms with Crippen molar-refractivity contribution in [2.24, 2.45) is 0 Å². The lowest BCUT2D eigenvalue weighted by molar-refractivity contribution is -0.123. The van der Waals surface area contributed by atoms with E-state index < -0.39 is 0 Å². The third-order valence-corrected chi connectivity index (χ3v) is 5.09. The number of ether oxygens (including phenoxy) is 1. The molecule has 2 fully saturated rings. The molecule has 138 valence electrons. The molecule has 2 heterocycles. The number of morpholine rings is 1. The number of nitrogens with one attached hydrogen (secondary N) is 2. The number of hydrogen-bond acceptors (Lipinski definition) is 4. The highest BCUT2D eigenvalue weighted by Crippen LogP contribution is 2.17. The maximum Gasteiger partial charge on any atom is 0.237 e. The van der Waals surface area contributed by atoms with Crippen molar-refractivity contribution >= 4 is 5.91 Å². The van der Waals surface area contributed by atoms with E-state index in [4.69, 9.17) is 4.74 Å². The van der Waals surface area contributed by atoms with E-state index in [0.29, 0.717) is 6.54 Å². The number of piperidine rings is 1. The molecule has 2 aliphatic rings. The van der Waals surface area contributed by atoms with E-state index in [1.54, 1.807) is 0 Å². The standard InChI is InChI=1S/C20H31N3O2/c1-15-12-23(13-16(2)25-15)14-18-8-4-3-7-17(18)11-22-20(24)19-9-5-6-10-21-19/h3-4,7-8,15-16,19,21H,5-6,9-14H2,1-2H3,(H,22,24)/t15-,16-,19-/m0/s1. The number of rotatable bonds is 5. The van der Waals surface area contributed by atoms with E-state index in [-0.39, 0.29) is 24.2 Å². The molecule has 1 aromatic rings. The zero-order chi connectivity index (χ0) is 17.6. The minimum Gasteiger partial charge on any atom is -0.373 e. The van der Waals surface area contributed by atoms with Crippen molar-refractivity contribution in [2.45, 2.75) is 64.4 Å². The van der Waals surface area contributed by atoms with Gasteiger partial charge in [-0.05, 0) is 44.4 Å². The van der Waals surface area contributed by atoms with Gasteiger partial charge in [-0.1, -0.05) is 30.7 Å². The summed E-state index contributed by atoms with van der Waals surface area (Å²) in [5, 5.41) is 6.43. The van der Waals surface area contributed by atoms with Gasteiger partial charge in [-0.15, -0.1) is 0 Å². The molecular formula is C20H31N3O2. The second kappa shape index (κ2) is 8.79. The van der Waals surface area contributed by atoms with Crippen LogP contribution in [0.4, 0.5) is 0 Å². The predicted molar refractivity (Wildman–Crippen MR) is 99.2 cm³/mol. The Morgan fingerprint density at radius 2 is 1.92 bits per heavy atom. The van der Waals surface area contributed by atoms with E-state index in [9.17, 15) is 4.79 Å². The minimum absolute atomic E-state index is 0.0261. The first-order valence-electron chi connectivity index (χ1n) is 9.57. The van der Waals surface area contributed by atoms with Crippen molar-refractivity contribution < 1.29 is 9.53 Å². The van der Waals surface area contributed by atoms with Crippen LogP contribution in [0.1, 0.15) is 44.2 Å². The quantitative estimate of drug-likeness (QED) is 0.858. The van der Waals surface area contributed by atoms with Crippen LogP contribution in [-0.4, -0.2) is 48.7 Å². The molecule has 2 saturated heterocycles. The fourth-order valence-corrected chi connectivity index (χ4v) is 3.92. The van der Waals surface area contributed by atoms with Crippen LogP contribution in [0.2, 0.25) is 0 Å². The average Bonchev–Trinajstić information content (AvgIpc) is 2.60. The van der Waals surface area contributed by atoms with Crippen molar-refractivity contribution in [3.05, 3.63) is 35.4 Å². The van der Waals surface area contributed by atoms with Gasteiger partial charge in [0.05, 0.1) is 18.2 Å². The number of carbonyl (C=O) groups is 1. The van der Waals surface area contributed by atoms with Crippen molar-refractivity contribution in [1.82, 2.24) is 15.5 Å². The molecule has 25 heavy (non-hydrogen) atoms. The first-order chi connectivity index (χ1) is 12.1. The van der Waals surface area contributed by atoms with E-state index in [1.165, 1.54) is 17.5 Å². The van der Waals surface area contributed by atoms with Crippen molar-refractivity contribution in [3.63, 3.8) is 0 Å². The van der Waals surface area contributed by atoms with Gasteiger partial charge in [-0.25, -0.2) is 0 Å². The fourth-order valence-electron chi connectivity index (χ4n) is 3.92. The van der Waals surface area contributed by atoms with Crippen molar-refractivity contribution in [1.29, 1.82) is 0 Å². The summed E-state index contributed by atoms with van der Waals surface area (Å²) >= 11 is 0. The molecule has 3 rings (SSSR count). The maximum atomic E-state index is 12.4. The number of benzene rings is 1. The largest absolute Gasteiger partial charge is 0.373 e. The van der Waals surface area contributed by atoms with E-state index >= 15 is 0 Å². The lowest BCUT2D eigenvalue weighted by atomic mass is 10.0. The van der Waals surface area contributed by atoms with Gasteiger partial charge in [-0.2, -0.15) is 0 Å². The Bertz CT molecular complexity index is 562. The summed E-state index contributed by atoms with van der Waals surface area (Å²) in [4.78, 5) is 14.8. The Balaban J connectivity index is 1.57. The minimum atomic E-state index is -0.0261. The third kappa shape index (κ3) is 5.27. The lowest BCUT2D eigenvalue weighted by Crippen LogP contribution is -2.46. The van der Waals surface area contributed by atoms with E-state index in [2.05, 4.69) is 53.6 Å². The summed E-state index contributed by atoms with van der Waals surface area (Å²) in [7, 11) is 0. The summed E-state index contributed by atoms with van der Waals surface area (Å²) < 4.78 is 5.82. The Hall–Kier alpha value is -1.43. The molecule has 1 amide bonds. The van der Waals surface area contributed by atoms with E-state index in [0.717, 1.165) is 39.0 Å². The van der Waals surface area contributed by atoms with Crippen LogP contribution in [0.3, 0.4) is 0 Å². The monoisotopic (exact) mass is 345 g/mol. The molecule has 0 radical (unpaired) electrons. The molecule has 5 heteroatoms. The summed E-state index contributed by atoms with van der Waals surface area (Å²) in [6.07, 6.45) is 3.79. The molecule has 0 aromatic heterocycles. The molecule has 0 bridgehead atoms. The lowest BCUT2D eigenvalue weighted by Gasteiger charge is -2.35. The number of hydrogen-bond donors (Lipinski definition) is 2. The fraction of sp³-hybridized carbons (Fsp3) is 0.650. The summed E-state index contributed by atoms with van der Waals surface area (Å²) in [6, 6.07) is 8.40. The van der Waals surface area contributed by atoms with Gasteiger partial charge in [0, 0.05) is 26.2 Å². The molecule has 3 atom stereocenters. The number of carbonyl (C=O) groups excluding carboxylic acids is 1. The maximum absolute atomic E-state index is 12.4. The molecule has 1 aromatic carbocycles. The Morgan fingerprint density at radius 3 is 2.60 bits per heavy atom. The van der Waals surface area contributed by atoms with Crippen LogP contribution in [-0.2, 0) is 22.6 Å². The first-order valence-corrected chi connectivity index (χ1v) is 9.57. The zero-order valence-electron chi connectivity index (χ0n) is 15.5. The van der Waals surface area contributed by atoms with Crippen molar-refractivity contribution in [2.75, 3.05) is 19.6 Å². The Morgan fingerprint density at radius 1 is 1.20 bits per heavy atom. The second-order valence-corrected chi connectivity index (χ2v) is 7.44. The van der Waals surface area contributed by atoms with Gasteiger partial charge in [0.15, 0.2) is 0 Å². The summed E-state index contributed by atoms with van der Waals surface area (Å²) in [5.41, 5.74) is 2.50. The van der Waals surface area contributed by atoms with Gasteiger partial charge in [0.25, 0.3) is 0 Å². The van der Waals surface area contributed by atoms with Gasteiger partial charge in [-0.3, -0.25) is 9.69 Å². The zero-order valence-corrected chi connectivity index (χ0v) is 15.5. The second-order valence-electron chi connectivity index (χ2n) is 7.44. The van der Waals surface area contributed by atoms with E-state index in [1.807, 2.05) is 0 Å². The Labute approximate surface area is 151 Å². The molecule has 0 saturated carbocycles. The highest BCUT2D eigenvalue weighted by atomic mass is 16.5. The van der Waals surface area contributed by atoms with Gasteiger partial charge in [0.2, 0.25) is 5.91 Å². The molecule has 0 unspecified atom stereocenters. The highest BCUT2D eigenvalue weighted by molar-refractivity contribution is 5.81. The first kappa shape index (κ1) is 18.4. The van der Waals surface area contributed by atoms with Gasteiger partial charge in [0.1, 0.15) is 0 Å². The van der Waals surface area contributed by atoms with Crippen LogP contribution in [0.25, 0.3) is 0 Å². The summed E-state index contributed by atoms with van der Waals surface area (Å²) in [6.45, 7) is 8.63. The van der Waals surface area contributed by atoms with Crippen LogP contribution < -0.4 is 10.6 Å².